The van der Waals surface area contributed by atoms with Crippen LogP contribution in [0.15, 0.2) is 83.8 Å². The number of H-pyrrole nitrogens is 2. The Morgan fingerprint density at radius 1 is 0.677 bits per heavy atom. The van der Waals surface area contributed by atoms with Gasteiger partial charge in [-0.1, -0.05) is 48.5 Å². The van der Waals surface area contributed by atoms with Crippen LogP contribution in [0.5, 0.6) is 0 Å². The molecule has 2 saturated heterocycles. The molecule has 4 amide bonds. The minimum absolute atomic E-state index is 0.0772. The molecule has 0 radical (unpaired) electrons. The first kappa shape index (κ1) is 42.4. The number of carbonyl (C=O) groups is 4. The first-order valence-electron chi connectivity index (χ1n) is 20.9. The number of benzene rings is 2. The van der Waals surface area contributed by atoms with Gasteiger partial charge in [-0.15, -0.1) is 22.7 Å². The predicted molar refractivity (Wildman–Crippen MR) is 239 cm³/mol. The van der Waals surface area contributed by atoms with Crippen LogP contribution >= 0.6 is 22.7 Å². The Labute approximate surface area is 367 Å². The number of carboxylic acid groups (broad SMARTS) is 2. The van der Waals surface area contributed by atoms with E-state index in [4.69, 9.17) is 9.97 Å². The maximum atomic E-state index is 13.6. The topological polar surface area (TPSA) is 197 Å². The summed E-state index contributed by atoms with van der Waals surface area (Å²) < 4.78 is 0. The third-order valence-corrected chi connectivity index (χ3v) is 13.9. The number of likely N-dealkylation sites (tertiary alicyclic amines) is 2. The van der Waals surface area contributed by atoms with Crippen LogP contribution in [0.2, 0.25) is 0 Å². The Balaban J connectivity index is 0.918. The second-order valence-corrected chi connectivity index (χ2v) is 18.2. The van der Waals surface area contributed by atoms with Gasteiger partial charge in [0, 0.05) is 66.2 Å². The third-order valence-electron chi connectivity index (χ3n) is 12.1. The van der Waals surface area contributed by atoms with E-state index in [0.29, 0.717) is 25.9 Å². The number of hydrogen-bond donors (Lipinski definition) is 6. The van der Waals surface area contributed by atoms with Crippen LogP contribution in [0.3, 0.4) is 0 Å². The minimum Gasteiger partial charge on any atom is -0.465 e. The van der Waals surface area contributed by atoms with Crippen LogP contribution < -0.4 is 10.6 Å². The Kier molecular flexibility index (Phi) is 12.9. The van der Waals surface area contributed by atoms with Gasteiger partial charge in [-0.3, -0.25) is 9.59 Å². The molecule has 4 atom stereocenters. The Bertz CT molecular complexity index is 2520. The highest BCUT2D eigenvalue weighted by Crippen LogP contribution is 2.37. The molecule has 16 heteroatoms. The molecule has 2 aliphatic heterocycles. The smallest absolute Gasteiger partial charge is 0.404 e. The normalized spacial score (nSPS) is 17.3. The molecule has 2 unspecified atom stereocenters. The molecule has 6 aromatic rings. The minimum atomic E-state index is -1.14. The van der Waals surface area contributed by atoms with Gasteiger partial charge in [-0.2, -0.15) is 0 Å². The summed E-state index contributed by atoms with van der Waals surface area (Å²) in [5.41, 5.74) is 8.15. The summed E-state index contributed by atoms with van der Waals surface area (Å²) in [6, 6.07) is 18.9. The fourth-order valence-electron chi connectivity index (χ4n) is 8.95. The van der Waals surface area contributed by atoms with Crippen LogP contribution in [0, 0.1) is 13.8 Å². The Morgan fingerprint density at radius 3 is 1.65 bits per heavy atom. The van der Waals surface area contributed by atoms with Gasteiger partial charge in [0.25, 0.3) is 0 Å². The van der Waals surface area contributed by atoms with Gasteiger partial charge < -0.3 is 40.6 Å². The number of amides is 4. The largest absolute Gasteiger partial charge is 0.465 e. The highest BCUT2D eigenvalue weighted by atomic mass is 32.1. The molecular weight excluding hydrogens is 825 g/mol. The van der Waals surface area contributed by atoms with E-state index in [1.165, 1.54) is 0 Å². The summed E-state index contributed by atoms with van der Waals surface area (Å²) in [7, 11) is 0. The van der Waals surface area contributed by atoms with Crippen LogP contribution in [0.25, 0.3) is 33.6 Å². The van der Waals surface area contributed by atoms with Crippen LogP contribution in [-0.4, -0.2) is 89.1 Å². The maximum Gasteiger partial charge on any atom is 0.404 e. The van der Waals surface area contributed by atoms with Crippen molar-refractivity contribution in [2.24, 2.45) is 0 Å². The average molecular weight is 875 g/mol. The molecule has 62 heavy (non-hydrogen) atoms. The van der Waals surface area contributed by atoms with Crippen molar-refractivity contribution < 1.29 is 29.4 Å². The van der Waals surface area contributed by atoms with Gasteiger partial charge in [0.2, 0.25) is 11.8 Å². The lowest BCUT2D eigenvalue weighted by Crippen LogP contribution is -2.41. The first-order valence-corrected chi connectivity index (χ1v) is 22.7. The molecule has 0 saturated carbocycles. The molecular formula is C46H50N8O6S2. The average Bonchev–Trinajstić information content (AvgIpc) is 4.09. The van der Waals surface area contributed by atoms with E-state index in [2.05, 4.69) is 70.8 Å². The van der Waals surface area contributed by atoms with E-state index in [9.17, 15) is 29.4 Å². The molecule has 2 aliphatic rings. The maximum absolute atomic E-state index is 13.6. The second-order valence-electron chi connectivity index (χ2n) is 16.1. The van der Waals surface area contributed by atoms with Gasteiger partial charge in [-0.25, -0.2) is 19.6 Å². The van der Waals surface area contributed by atoms with E-state index in [1.54, 1.807) is 28.9 Å². The summed E-state index contributed by atoms with van der Waals surface area (Å²) in [6.07, 6.45) is 5.67. The Hall–Kier alpha value is -6.26. The zero-order valence-electron chi connectivity index (χ0n) is 34.6. The molecule has 6 heterocycles. The summed E-state index contributed by atoms with van der Waals surface area (Å²) in [4.78, 5) is 72.4. The van der Waals surface area contributed by atoms with Crippen molar-refractivity contribution in [1.29, 1.82) is 0 Å². The summed E-state index contributed by atoms with van der Waals surface area (Å²) in [5.74, 6) is 1.26. The number of thiophene rings is 2. The second kappa shape index (κ2) is 18.8. The van der Waals surface area contributed by atoms with Crippen molar-refractivity contribution in [3.05, 3.63) is 116 Å². The number of aromatic amines is 2. The summed E-state index contributed by atoms with van der Waals surface area (Å²) in [5, 5.41) is 27.8. The zero-order valence-corrected chi connectivity index (χ0v) is 36.2. The van der Waals surface area contributed by atoms with Crippen molar-refractivity contribution in [2.45, 2.75) is 89.4 Å². The Morgan fingerprint density at radius 2 is 1.15 bits per heavy atom. The fraction of sp³-hybridized carbons (Fsp3) is 0.348. The number of hydrogen-bond acceptors (Lipinski definition) is 8. The highest BCUT2D eigenvalue weighted by Gasteiger charge is 2.35. The monoisotopic (exact) mass is 874 g/mol. The SMILES string of the molecule is Cc1c(-c2ccc(-c3cnc(C4CCCN4C(=O)C[C@@H](Cc4cccs4)NC(=O)O)[nH]3)cc2)ccc(-c2cnc(C3CCCN3C(=O)C[C@@H](Cc3cccs3)NC(=O)O)[nH]2)c1C. The molecule has 322 valence electrons. The molecule has 0 aliphatic carbocycles. The van der Waals surface area contributed by atoms with E-state index >= 15 is 0 Å². The van der Waals surface area contributed by atoms with Gasteiger partial charge >= 0.3 is 12.2 Å². The molecule has 14 nitrogen and oxygen atoms in total. The number of imidazole rings is 2. The van der Waals surface area contributed by atoms with E-state index in [-0.39, 0.29) is 36.7 Å². The molecule has 8 rings (SSSR count). The standard InChI is InChI=1S/C46H50N8O6S2/c1-27-28(2)36(38-26-48-44(52-38)40-10-4-18-54(40)42(56)24-32(50-46(59)60)22-34-8-6-20-62-34)16-15-35(27)29-11-13-30(14-12-29)37-25-47-43(51-37)39-9-3-17-53(39)41(55)23-31(49-45(57)58)21-33-7-5-19-61-33/h5-8,11-16,19-20,25-26,31-32,39-40,49-50H,3-4,9-10,17-18,21-24H2,1-2H3,(H,47,51)(H,48,52)(H,57,58)(H,59,60)/t31-,32-,39?,40?/m1/s1. The van der Waals surface area contributed by atoms with Gasteiger partial charge in [0.15, 0.2) is 0 Å². The molecule has 2 aromatic carbocycles. The lowest BCUT2D eigenvalue weighted by atomic mass is 9.92. The number of rotatable bonds is 15. The zero-order chi connectivity index (χ0) is 43.3. The number of carbonyl (C=O) groups excluding carboxylic acids is 2. The van der Waals surface area contributed by atoms with Crippen molar-refractivity contribution in [3.63, 3.8) is 0 Å². The van der Waals surface area contributed by atoms with E-state index in [0.717, 1.165) is 91.9 Å². The van der Waals surface area contributed by atoms with Crippen molar-refractivity contribution in [2.75, 3.05) is 13.1 Å². The fourth-order valence-corrected chi connectivity index (χ4v) is 10.5. The van der Waals surface area contributed by atoms with Gasteiger partial charge in [0.1, 0.15) is 11.6 Å². The third kappa shape index (κ3) is 9.61. The lowest BCUT2D eigenvalue weighted by Gasteiger charge is -2.26. The first-order chi connectivity index (χ1) is 30.0. The predicted octanol–water partition coefficient (Wildman–Crippen LogP) is 8.74. The van der Waals surface area contributed by atoms with Gasteiger partial charge in [-0.05, 0) is 90.2 Å². The molecule has 6 N–H and O–H groups in total. The van der Waals surface area contributed by atoms with Crippen molar-refractivity contribution >= 4 is 46.7 Å². The molecule has 0 bridgehead atoms. The van der Waals surface area contributed by atoms with Crippen LogP contribution in [0.4, 0.5) is 9.59 Å². The van der Waals surface area contributed by atoms with E-state index in [1.807, 2.05) is 51.0 Å². The van der Waals surface area contributed by atoms with Crippen molar-refractivity contribution in [3.8, 4) is 33.6 Å². The summed E-state index contributed by atoms with van der Waals surface area (Å²) >= 11 is 3.09. The highest BCUT2D eigenvalue weighted by molar-refractivity contribution is 7.10. The van der Waals surface area contributed by atoms with Crippen molar-refractivity contribution in [1.82, 2.24) is 40.4 Å². The van der Waals surface area contributed by atoms with E-state index < -0.39 is 24.3 Å². The number of nitrogens with one attached hydrogen (secondary N) is 4. The van der Waals surface area contributed by atoms with Crippen LogP contribution in [0.1, 0.15) is 83.1 Å². The molecule has 4 aromatic heterocycles. The van der Waals surface area contributed by atoms with Gasteiger partial charge in [0.05, 0.1) is 35.9 Å². The summed E-state index contributed by atoms with van der Waals surface area (Å²) in [6.45, 7) is 5.41. The molecule has 2 fully saturated rings. The molecule has 0 spiro atoms. The number of nitrogens with zero attached hydrogens (tertiary/aromatic N) is 4. The number of aromatic nitrogens is 4. The quantitative estimate of drug-likeness (QED) is 0.0589. The van der Waals surface area contributed by atoms with Crippen LogP contribution in [-0.2, 0) is 22.4 Å². The lowest BCUT2D eigenvalue weighted by molar-refractivity contribution is -0.133.